The molecule has 2 rings (SSSR count). The number of nitrogens with one attached hydrogen (secondary N) is 1. The average molecular weight is 304 g/mol. The van der Waals surface area contributed by atoms with Gasteiger partial charge in [-0.05, 0) is 68.2 Å². The molecule has 0 saturated heterocycles. The Morgan fingerprint density at radius 2 is 1.57 bits per heavy atom. The fourth-order valence-electron chi connectivity index (χ4n) is 2.23. The van der Waals surface area contributed by atoms with Crippen molar-refractivity contribution >= 4 is 11.6 Å². The lowest BCUT2D eigenvalue weighted by Crippen LogP contribution is -2.10. The summed E-state index contributed by atoms with van der Waals surface area (Å²) >= 11 is 6.17. The van der Waals surface area contributed by atoms with Gasteiger partial charge in [-0.15, -0.1) is 0 Å². The molecular weight excluding hydrogens is 282 g/mol. The van der Waals surface area contributed by atoms with Gasteiger partial charge in [0.2, 0.25) is 0 Å². The lowest BCUT2D eigenvalue weighted by Gasteiger charge is -2.10. The molecule has 3 heteroatoms. The van der Waals surface area contributed by atoms with Crippen molar-refractivity contribution in [1.82, 2.24) is 5.32 Å². The Hall–Kier alpha value is -1.51. The van der Waals surface area contributed by atoms with E-state index in [0.29, 0.717) is 6.61 Å². The highest BCUT2D eigenvalue weighted by atomic mass is 35.5. The van der Waals surface area contributed by atoms with Gasteiger partial charge in [0.05, 0.1) is 0 Å². The van der Waals surface area contributed by atoms with Crippen molar-refractivity contribution in [1.29, 1.82) is 0 Å². The molecule has 2 aromatic rings. The average Bonchev–Trinajstić information content (AvgIpc) is 2.49. The van der Waals surface area contributed by atoms with Crippen LogP contribution in [0.3, 0.4) is 0 Å². The molecule has 0 amide bonds. The van der Waals surface area contributed by atoms with Crippen molar-refractivity contribution in [2.75, 3.05) is 13.6 Å². The van der Waals surface area contributed by atoms with Crippen molar-refractivity contribution in [3.63, 3.8) is 0 Å². The Balaban J connectivity index is 1.96. The van der Waals surface area contributed by atoms with E-state index < -0.39 is 0 Å². The molecule has 0 heterocycles. The smallest absolute Gasteiger partial charge is 0.120 e. The van der Waals surface area contributed by atoms with E-state index >= 15 is 0 Å². The summed E-state index contributed by atoms with van der Waals surface area (Å²) in [7, 11) is 1.97. The Morgan fingerprint density at radius 3 is 2.14 bits per heavy atom. The fourth-order valence-corrected chi connectivity index (χ4v) is 2.34. The molecule has 0 aliphatic carbocycles. The normalized spacial score (nSPS) is 10.7. The minimum Gasteiger partial charge on any atom is -0.489 e. The Kier molecular flexibility index (Phi) is 5.66. The van der Waals surface area contributed by atoms with Crippen LogP contribution in [0.25, 0.3) is 0 Å². The van der Waals surface area contributed by atoms with E-state index in [1.807, 2.05) is 33.0 Å². The van der Waals surface area contributed by atoms with Crippen molar-refractivity contribution < 1.29 is 4.74 Å². The first-order valence-electron chi connectivity index (χ1n) is 7.22. The van der Waals surface area contributed by atoms with Crippen LogP contribution in [0.2, 0.25) is 5.02 Å². The first-order chi connectivity index (χ1) is 10.1. The highest BCUT2D eigenvalue weighted by Gasteiger charge is 2.04. The predicted octanol–water partition coefficient (Wildman–Crippen LogP) is 4.30. The third-order valence-corrected chi connectivity index (χ3v) is 4.10. The quantitative estimate of drug-likeness (QED) is 0.859. The molecule has 2 nitrogen and oxygen atoms in total. The number of likely N-dealkylation sites (N-methyl/N-ethyl adjacent to an activating group) is 1. The van der Waals surface area contributed by atoms with E-state index in [-0.39, 0.29) is 0 Å². The van der Waals surface area contributed by atoms with Gasteiger partial charge in [0.25, 0.3) is 0 Å². The zero-order chi connectivity index (χ0) is 15.2. The van der Waals surface area contributed by atoms with Crippen LogP contribution in [-0.2, 0) is 13.0 Å². The maximum Gasteiger partial charge on any atom is 0.120 e. The molecule has 2 aromatic carbocycles. The van der Waals surface area contributed by atoms with Gasteiger partial charge in [0.1, 0.15) is 12.4 Å². The molecule has 0 aliphatic heterocycles. The molecule has 0 unspecified atom stereocenters. The van der Waals surface area contributed by atoms with E-state index in [0.717, 1.165) is 34.9 Å². The van der Waals surface area contributed by atoms with E-state index in [4.69, 9.17) is 16.3 Å². The summed E-state index contributed by atoms with van der Waals surface area (Å²) in [6, 6.07) is 12.5. The highest BCUT2D eigenvalue weighted by Crippen LogP contribution is 2.26. The molecule has 112 valence electrons. The standard InChI is InChI=1S/C18H22ClNO/c1-13-10-17(11-14(2)18(13)19)21-12-16-6-4-15(5-7-16)8-9-20-3/h4-7,10-11,20H,8-9,12H2,1-3H3. The molecule has 0 spiro atoms. The number of rotatable bonds is 6. The molecule has 0 aromatic heterocycles. The summed E-state index contributed by atoms with van der Waals surface area (Å²) in [4.78, 5) is 0. The monoisotopic (exact) mass is 303 g/mol. The Morgan fingerprint density at radius 1 is 1.00 bits per heavy atom. The summed E-state index contributed by atoms with van der Waals surface area (Å²) in [5.41, 5.74) is 4.61. The molecule has 21 heavy (non-hydrogen) atoms. The molecule has 1 N–H and O–H groups in total. The second-order valence-corrected chi connectivity index (χ2v) is 5.71. The maximum absolute atomic E-state index is 6.17. The summed E-state index contributed by atoms with van der Waals surface area (Å²) < 4.78 is 5.86. The third-order valence-electron chi connectivity index (χ3n) is 3.50. The van der Waals surface area contributed by atoms with E-state index in [1.54, 1.807) is 0 Å². The molecular formula is C18H22ClNO. The Bertz CT molecular complexity index is 570. The van der Waals surface area contributed by atoms with Gasteiger partial charge < -0.3 is 10.1 Å². The number of hydrogen-bond acceptors (Lipinski definition) is 2. The molecule has 0 aliphatic rings. The van der Waals surface area contributed by atoms with Crippen molar-refractivity contribution in [3.05, 3.63) is 63.7 Å². The minimum absolute atomic E-state index is 0.576. The summed E-state index contributed by atoms with van der Waals surface area (Å²) in [5, 5.41) is 3.97. The lowest BCUT2D eigenvalue weighted by molar-refractivity contribution is 0.306. The largest absolute Gasteiger partial charge is 0.489 e. The van der Waals surface area contributed by atoms with Crippen LogP contribution in [0, 0.1) is 13.8 Å². The minimum atomic E-state index is 0.576. The first-order valence-corrected chi connectivity index (χ1v) is 7.60. The number of benzene rings is 2. The van der Waals surface area contributed by atoms with Gasteiger partial charge in [-0.2, -0.15) is 0 Å². The van der Waals surface area contributed by atoms with Gasteiger partial charge in [0.15, 0.2) is 0 Å². The molecule has 0 saturated carbocycles. The molecule has 0 radical (unpaired) electrons. The second kappa shape index (κ2) is 7.48. The third kappa shape index (κ3) is 4.48. The molecule has 0 bridgehead atoms. The van der Waals surface area contributed by atoms with Crippen LogP contribution in [0.15, 0.2) is 36.4 Å². The number of hydrogen-bond donors (Lipinski definition) is 1. The number of halogens is 1. The number of ether oxygens (including phenoxy) is 1. The highest BCUT2D eigenvalue weighted by molar-refractivity contribution is 6.32. The van der Waals surface area contributed by atoms with Crippen LogP contribution in [0.5, 0.6) is 5.75 Å². The van der Waals surface area contributed by atoms with Gasteiger partial charge in [0, 0.05) is 5.02 Å². The summed E-state index contributed by atoms with van der Waals surface area (Å²) in [6.07, 6.45) is 1.05. The SMILES string of the molecule is CNCCc1ccc(COc2cc(C)c(Cl)c(C)c2)cc1. The van der Waals surface area contributed by atoms with Crippen LogP contribution in [-0.4, -0.2) is 13.6 Å². The van der Waals surface area contributed by atoms with Crippen molar-refractivity contribution in [2.45, 2.75) is 26.9 Å². The van der Waals surface area contributed by atoms with Crippen LogP contribution in [0.4, 0.5) is 0 Å². The summed E-state index contributed by atoms with van der Waals surface area (Å²) in [6.45, 7) is 5.57. The van der Waals surface area contributed by atoms with Crippen molar-refractivity contribution in [3.8, 4) is 5.75 Å². The van der Waals surface area contributed by atoms with Gasteiger partial charge >= 0.3 is 0 Å². The fraction of sp³-hybridized carbons (Fsp3) is 0.333. The maximum atomic E-state index is 6.17. The Labute approximate surface area is 132 Å². The topological polar surface area (TPSA) is 21.3 Å². The van der Waals surface area contributed by atoms with Crippen LogP contribution < -0.4 is 10.1 Å². The van der Waals surface area contributed by atoms with Crippen LogP contribution >= 0.6 is 11.6 Å². The molecule has 0 atom stereocenters. The van der Waals surface area contributed by atoms with E-state index in [1.165, 1.54) is 11.1 Å². The van der Waals surface area contributed by atoms with E-state index in [2.05, 4.69) is 29.6 Å². The van der Waals surface area contributed by atoms with Crippen LogP contribution in [0.1, 0.15) is 22.3 Å². The zero-order valence-corrected chi connectivity index (χ0v) is 13.6. The van der Waals surface area contributed by atoms with E-state index in [9.17, 15) is 0 Å². The lowest BCUT2D eigenvalue weighted by atomic mass is 10.1. The van der Waals surface area contributed by atoms with Gasteiger partial charge in [-0.25, -0.2) is 0 Å². The summed E-state index contributed by atoms with van der Waals surface area (Å²) in [5.74, 6) is 0.869. The molecule has 0 fully saturated rings. The van der Waals surface area contributed by atoms with Crippen molar-refractivity contribution in [2.24, 2.45) is 0 Å². The first kappa shape index (κ1) is 15.9. The number of aryl methyl sites for hydroxylation is 2. The van der Waals surface area contributed by atoms with Gasteiger partial charge in [-0.1, -0.05) is 35.9 Å². The second-order valence-electron chi connectivity index (χ2n) is 5.33. The zero-order valence-electron chi connectivity index (χ0n) is 12.9. The van der Waals surface area contributed by atoms with Gasteiger partial charge in [-0.3, -0.25) is 0 Å². The predicted molar refractivity (Wildman–Crippen MR) is 89.3 cm³/mol.